The Morgan fingerprint density at radius 2 is 1.94 bits per heavy atom. The Kier molecular flexibility index (Phi) is 10.1. The number of carboxylic acid groups (broad SMARTS) is 1. The van der Waals surface area contributed by atoms with Gasteiger partial charge in [-0.3, -0.25) is 9.59 Å². The molecule has 4 aliphatic rings. The fraction of sp³-hybridized carbons (Fsp3) is 0.514. The summed E-state index contributed by atoms with van der Waals surface area (Å²) < 4.78 is 17.5. The van der Waals surface area contributed by atoms with Gasteiger partial charge in [0.1, 0.15) is 29.5 Å². The third kappa shape index (κ3) is 7.38. The topological polar surface area (TPSA) is 156 Å². The Labute approximate surface area is 283 Å². The van der Waals surface area contributed by atoms with Crippen molar-refractivity contribution in [3.05, 3.63) is 54.3 Å². The number of rotatable bonds is 7. The highest BCUT2D eigenvalue weighted by Crippen LogP contribution is 2.45. The van der Waals surface area contributed by atoms with E-state index in [2.05, 4.69) is 22.2 Å². The van der Waals surface area contributed by atoms with E-state index in [1.165, 1.54) is 11.2 Å². The zero-order valence-corrected chi connectivity index (χ0v) is 27.5. The number of alkyl carbamates (subject to hydrolysis) is 1. The molecule has 256 valence electrons. The highest BCUT2D eigenvalue weighted by Gasteiger charge is 2.61. The van der Waals surface area contributed by atoms with Crippen LogP contribution in [0.4, 0.5) is 4.79 Å². The van der Waals surface area contributed by atoms with Gasteiger partial charge in [0.15, 0.2) is 0 Å². The first kappa shape index (κ1) is 33.6. The molecule has 2 aliphatic carbocycles. The molecule has 0 bridgehead atoms. The molecule has 2 aliphatic heterocycles. The summed E-state index contributed by atoms with van der Waals surface area (Å²) >= 11 is 6.44. The monoisotopic (exact) mass is 680 g/mol. The number of halogens is 1. The van der Waals surface area contributed by atoms with E-state index in [9.17, 15) is 24.3 Å². The molecule has 3 heterocycles. The number of nitrogens with one attached hydrogen (secondary N) is 2. The van der Waals surface area contributed by atoms with Gasteiger partial charge in [-0.05, 0) is 63.5 Å². The van der Waals surface area contributed by atoms with Gasteiger partial charge in [0.2, 0.25) is 17.7 Å². The van der Waals surface area contributed by atoms with Crippen molar-refractivity contribution < 1.29 is 38.5 Å². The van der Waals surface area contributed by atoms with Crippen molar-refractivity contribution in [2.24, 2.45) is 5.92 Å². The molecule has 1 aromatic heterocycles. The van der Waals surface area contributed by atoms with Gasteiger partial charge in [-0.25, -0.2) is 14.6 Å². The molecule has 2 aromatic rings. The number of para-hydroxylation sites is 1. The predicted molar refractivity (Wildman–Crippen MR) is 177 cm³/mol. The van der Waals surface area contributed by atoms with Crippen LogP contribution in [-0.2, 0) is 19.1 Å². The second-order valence-corrected chi connectivity index (χ2v) is 13.5. The number of amides is 3. The second-order valence-electron chi connectivity index (χ2n) is 13.1. The van der Waals surface area contributed by atoms with Crippen molar-refractivity contribution in [3.8, 4) is 11.6 Å². The van der Waals surface area contributed by atoms with E-state index < -0.39 is 41.7 Å². The average Bonchev–Trinajstić information content (AvgIpc) is 3.33. The minimum Gasteiger partial charge on any atom is -0.488 e. The normalized spacial score (nSPS) is 28.6. The van der Waals surface area contributed by atoms with Crippen molar-refractivity contribution in [1.82, 2.24) is 20.5 Å². The first-order chi connectivity index (χ1) is 23.2. The molecule has 3 amide bonds. The van der Waals surface area contributed by atoms with Gasteiger partial charge >= 0.3 is 12.1 Å². The summed E-state index contributed by atoms with van der Waals surface area (Å²) in [5.41, 5.74) is -0.977. The minimum absolute atomic E-state index is 0.0517. The molecule has 1 saturated heterocycles. The van der Waals surface area contributed by atoms with Crippen LogP contribution in [-0.4, -0.2) is 75.2 Å². The third-order valence-electron chi connectivity index (χ3n) is 9.72. The van der Waals surface area contributed by atoms with Gasteiger partial charge in [0, 0.05) is 36.3 Å². The number of fused-ring (bicyclic) bond motifs is 3. The summed E-state index contributed by atoms with van der Waals surface area (Å²) in [6.45, 7) is 3.65. The molecular formula is C35H41ClN4O8. The lowest BCUT2D eigenvalue weighted by molar-refractivity contribution is -0.145. The van der Waals surface area contributed by atoms with Crippen LogP contribution in [0.1, 0.15) is 70.6 Å². The molecule has 1 aromatic carbocycles. The van der Waals surface area contributed by atoms with Crippen LogP contribution in [0.15, 0.2) is 49.3 Å². The Hall–Kier alpha value is -4.32. The van der Waals surface area contributed by atoms with Crippen molar-refractivity contribution >= 4 is 46.4 Å². The standard InChI is InChI=1S/C35H41ClN4O8/c1-2-46-29-18-28(25-14-9-15-26(36)31(25)38-29)47-24-17-27-32(42)39-35(33(43)44)19-21(35)10-5-3-4-6-11-22(16-30(41)40(27)20-24)37-34(45)48-23-12-7-8-13-23/h2,5,9-10,14-15,18,21-24,27H,1,3-4,6-8,11-13,16-17,19-20H2,(H,37,45)(H,39,42)(H,43,44)/b10-5-/t21-,22-,24+,27-,35+/m0/s1. The zero-order chi connectivity index (χ0) is 33.8. The molecule has 0 radical (unpaired) electrons. The SMILES string of the molecule is C=COc1cc(O[C@@H]2C[C@H]3C(=O)N[C@]4(C(=O)O)C[C@@H]4/C=C\CCCC[C@H](NC(=O)OC4CCCC4)CC(=O)N3C2)c2cccc(Cl)c2n1. The molecule has 6 rings (SSSR count). The quantitative estimate of drug-likeness (QED) is 0.262. The van der Waals surface area contributed by atoms with E-state index in [0.29, 0.717) is 28.1 Å². The fourth-order valence-corrected chi connectivity index (χ4v) is 7.30. The number of pyridine rings is 1. The van der Waals surface area contributed by atoms with Crippen LogP contribution in [0, 0.1) is 5.92 Å². The summed E-state index contributed by atoms with van der Waals surface area (Å²) in [6, 6.07) is 5.34. The number of hydrogen-bond acceptors (Lipinski definition) is 8. The number of carbonyl (C=O) groups excluding carboxylic acids is 3. The first-order valence-corrected chi connectivity index (χ1v) is 17.1. The highest BCUT2D eigenvalue weighted by atomic mass is 35.5. The molecule has 48 heavy (non-hydrogen) atoms. The number of aromatic nitrogens is 1. The van der Waals surface area contributed by atoms with Crippen molar-refractivity contribution in [2.75, 3.05) is 6.54 Å². The van der Waals surface area contributed by atoms with E-state index >= 15 is 0 Å². The molecule has 3 N–H and O–H groups in total. The van der Waals surface area contributed by atoms with Crippen LogP contribution >= 0.6 is 11.6 Å². The van der Waals surface area contributed by atoms with Gasteiger partial charge in [-0.2, -0.15) is 0 Å². The largest absolute Gasteiger partial charge is 0.488 e. The number of aliphatic carboxylic acids is 1. The van der Waals surface area contributed by atoms with E-state index in [-0.39, 0.29) is 49.6 Å². The molecule has 2 saturated carbocycles. The molecular weight excluding hydrogens is 640 g/mol. The van der Waals surface area contributed by atoms with Crippen molar-refractivity contribution in [2.45, 2.75) is 100 Å². The molecule has 0 spiro atoms. The summed E-state index contributed by atoms with van der Waals surface area (Å²) in [6.07, 6.45) is 10.5. The Bertz CT molecular complexity index is 1610. The number of ether oxygens (including phenoxy) is 3. The van der Waals surface area contributed by atoms with E-state index in [1.54, 1.807) is 24.3 Å². The average molecular weight is 681 g/mol. The van der Waals surface area contributed by atoms with E-state index in [0.717, 1.165) is 44.9 Å². The fourth-order valence-electron chi connectivity index (χ4n) is 7.08. The maximum Gasteiger partial charge on any atom is 0.407 e. The number of hydrogen-bond donors (Lipinski definition) is 3. The lowest BCUT2D eigenvalue weighted by Crippen LogP contribution is -2.53. The highest BCUT2D eigenvalue weighted by molar-refractivity contribution is 6.35. The van der Waals surface area contributed by atoms with Gasteiger partial charge in [-0.1, -0.05) is 42.8 Å². The Morgan fingerprint density at radius 3 is 2.71 bits per heavy atom. The molecule has 13 heteroatoms. The smallest absolute Gasteiger partial charge is 0.407 e. The molecule has 3 fully saturated rings. The van der Waals surface area contributed by atoms with Crippen LogP contribution < -0.4 is 20.1 Å². The van der Waals surface area contributed by atoms with Crippen LogP contribution in [0.5, 0.6) is 11.6 Å². The van der Waals surface area contributed by atoms with Crippen LogP contribution in [0.3, 0.4) is 0 Å². The summed E-state index contributed by atoms with van der Waals surface area (Å²) in [7, 11) is 0. The zero-order valence-electron chi connectivity index (χ0n) is 26.7. The Balaban J connectivity index is 1.26. The number of carbonyl (C=O) groups is 4. The maximum absolute atomic E-state index is 14.0. The minimum atomic E-state index is -1.43. The van der Waals surface area contributed by atoms with Crippen LogP contribution in [0.25, 0.3) is 10.9 Å². The van der Waals surface area contributed by atoms with Gasteiger partial charge in [0.25, 0.3) is 0 Å². The number of benzene rings is 1. The van der Waals surface area contributed by atoms with Crippen molar-refractivity contribution in [3.63, 3.8) is 0 Å². The van der Waals surface area contributed by atoms with Crippen molar-refractivity contribution in [1.29, 1.82) is 0 Å². The lowest BCUT2D eigenvalue weighted by atomic mass is 10.0. The number of nitrogens with zero attached hydrogens (tertiary/aromatic N) is 2. The summed E-state index contributed by atoms with van der Waals surface area (Å²) in [5, 5.41) is 16.8. The van der Waals surface area contributed by atoms with E-state index in [4.69, 9.17) is 25.8 Å². The lowest BCUT2D eigenvalue weighted by Gasteiger charge is -2.27. The summed E-state index contributed by atoms with van der Waals surface area (Å²) in [4.78, 5) is 59.0. The first-order valence-electron chi connectivity index (χ1n) is 16.7. The predicted octanol–water partition coefficient (Wildman–Crippen LogP) is 5.28. The summed E-state index contributed by atoms with van der Waals surface area (Å²) in [5.74, 6) is -1.78. The Morgan fingerprint density at radius 1 is 1.15 bits per heavy atom. The maximum atomic E-state index is 14.0. The third-order valence-corrected chi connectivity index (χ3v) is 10.0. The number of carboxylic acids is 1. The van der Waals surface area contributed by atoms with Gasteiger partial charge in [0.05, 0.1) is 23.3 Å². The van der Waals surface area contributed by atoms with Gasteiger partial charge in [-0.15, -0.1) is 0 Å². The second kappa shape index (κ2) is 14.4. The number of allylic oxidation sites excluding steroid dienone is 1. The van der Waals surface area contributed by atoms with E-state index in [1.807, 2.05) is 12.2 Å². The molecule has 5 atom stereocenters. The molecule has 12 nitrogen and oxygen atoms in total. The van der Waals surface area contributed by atoms with Crippen LogP contribution in [0.2, 0.25) is 5.02 Å². The van der Waals surface area contributed by atoms with Gasteiger partial charge < -0.3 is 34.9 Å². The molecule has 0 unspecified atom stereocenters.